The zero-order chi connectivity index (χ0) is 14.4. The van der Waals surface area contributed by atoms with Gasteiger partial charge in [-0.25, -0.2) is 0 Å². The van der Waals surface area contributed by atoms with Crippen LogP contribution in [0.4, 0.5) is 0 Å². The van der Waals surface area contributed by atoms with E-state index in [2.05, 4.69) is 20.7 Å². The number of aromatic nitrogens is 3. The van der Waals surface area contributed by atoms with Crippen LogP contribution in [0.1, 0.15) is 12.1 Å². The van der Waals surface area contributed by atoms with Gasteiger partial charge in [-0.05, 0) is 0 Å². The van der Waals surface area contributed by atoms with Gasteiger partial charge in [0.1, 0.15) is 11.4 Å². The van der Waals surface area contributed by atoms with Gasteiger partial charge in [-0.15, -0.1) is 0 Å². The second-order valence-electron chi connectivity index (χ2n) is 4.70. The molecule has 2 rings (SSSR count). The van der Waals surface area contributed by atoms with E-state index in [9.17, 15) is 4.79 Å². The van der Waals surface area contributed by atoms with Crippen LogP contribution in [0.25, 0.3) is 11.3 Å². The van der Waals surface area contributed by atoms with Crippen molar-refractivity contribution in [2.45, 2.75) is 13.0 Å². The summed E-state index contributed by atoms with van der Waals surface area (Å²) in [5, 5.41) is 14.2. The molecule has 20 heavy (non-hydrogen) atoms. The van der Waals surface area contributed by atoms with Crippen LogP contribution in [0, 0.1) is 0 Å². The van der Waals surface area contributed by atoms with Gasteiger partial charge in [0.25, 0.3) is 0 Å². The molecular formula is C14H19N5O. The summed E-state index contributed by atoms with van der Waals surface area (Å²) in [4.78, 5) is 13.0. The van der Waals surface area contributed by atoms with Crippen molar-refractivity contribution in [3.05, 3.63) is 36.0 Å². The molecule has 1 amide bonds. The molecule has 1 aromatic heterocycles. The van der Waals surface area contributed by atoms with E-state index >= 15 is 0 Å². The molecule has 1 aromatic carbocycles. The van der Waals surface area contributed by atoms with Gasteiger partial charge in [-0.3, -0.25) is 4.79 Å². The fraction of sp³-hybridized carbons (Fsp3) is 0.357. The van der Waals surface area contributed by atoms with E-state index in [4.69, 9.17) is 0 Å². The molecule has 0 aliphatic rings. The van der Waals surface area contributed by atoms with Crippen molar-refractivity contribution in [1.82, 2.24) is 25.6 Å². The fourth-order valence-electron chi connectivity index (χ4n) is 1.83. The highest BCUT2D eigenvalue weighted by atomic mass is 16.2. The van der Waals surface area contributed by atoms with E-state index in [-0.39, 0.29) is 5.91 Å². The summed E-state index contributed by atoms with van der Waals surface area (Å²) in [6.45, 7) is 1.21. The van der Waals surface area contributed by atoms with Crippen molar-refractivity contribution in [2.75, 3.05) is 20.6 Å². The Bertz CT molecular complexity index is 550. The molecule has 2 N–H and O–H groups in total. The predicted molar refractivity (Wildman–Crippen MR) is 76.8 cm³/mol. The molecule has 0 saturated carbocycles. The minimum atomic E-state index is 0.112. The van der Waals surface area contributed by atoms with Gasteiger partial charge in [0.2, 0.25) is 5.91 Å². The molecule has 6 heteroatoms. The normalized spacial score (nSPS) is 10.5. The highest BCUT2D eigenvalue weighted by Crippen LogP contribution is 2.18. The van der Waals surface area contributed by atoms with E-state index in [1.54, 1.807) is 19.0 Å². The molecule has 6 nitrogen and oxygen atoms in total. The van der Waals surface area contributed by atoms with Crippen molar-refractivity contribution in [3.8, 4) is 11.3 Å². The summed E-state index contributed by atoms with van der Waals surface area (Å²) in [5.41, 5.74) is 2.73. The smallest absolute Gasteiger partial charge is 0.223 e. The molecular weight excluding hydrogens is 254 g/mol. The number of aromatic amines is 1. The van der Waals surface area contributed by atoms with Gasteiger partial charge in [0.15, 0.2) is 0 Å². The molecule has 0 unspecified atom stereocenters. The first-order valence-electron chi connectivity index (χ1n) is 6.54. The molecule has 0 fully saturated rings. The van der Waals surface area contributed by atoms with Crippen LogP contribution >= 0.6 is 0 Å². The third-order valence-corrected chi connectivity index (χ3v) is 2.97. The van der Waals surface area contributed by atoms with Crippen molar-refractivity contribution in [2.24, 2.45) is 0 Å². The third kappa shape index (κ3) is 3.64. The van der Waals surface area contributed by atoms with Crippen molar-refractivity contribution in [3.63, 3.8) is 0 Å². The van der Waals surface area contributed by atoms with Gasteiger partial charge >= 0.3 is 0 Å². The molecule has 0 bridgehead atoms. The number of H-pyrrole nitrogens is 1. The van der Waals surface area contributed by atoms with Crippen LogP contribution in [0.3, 0.4) is 0 Å². The van der Waals surface area contributed by atoms with E-state index < -0.39 is 0 Å². The quantitative estimate of drug-likeness (QED) is 0.771. The maximum atomic E-state index is 11.4. The number of nitrogens with zero attached hydrogens (tertiary/aromatic N) is 3. The Hall–Kier alpha value is -2.21. The van der Waals surface area contributed by atoms with Crippen LogP contribution in [0.5, 0.6) is 0 Å². The number of rotatable bonds is 6. The number of hydrogen-bond donors (Lipinski definition) is 2. The molecule has 106 valence electrons. The minimum Gasteiger partial charge on any atom is -0.349 e. The number of nitrogens with one attached hydrogen (secondary N) is 2. The standard InChI is InChI=1S/C14H19N5O/c1-19(2)13(20)8-9-15-10-12-14(17-18-16-12)11-6-4-3-5-7-11/h3-7,15H,8-10H2,1-2H3,(H,16,17,18). The number of carbonyl (C=O) groups is 1. The van der Waals surface area contributed by atoms with E-state index in [0.29, 0.717) is 19.5 Å². The number of hydrogen-bond acceptors (Lipinski definition) is 4. The molecule has 0 aliphatic heterocycles. The maximum Gasteiger partial charge on any atom is 0.223 e. The van der Waals surface area contributed by atoms with E-state index in [1.165, 1.54) is 0 Å². The highest BCUT2D eigenvalue weighted by molar-refractivity contribution is 5.75. The summed E-state index contributed by atoms with van der Waals surface area (Å²) in [7, 11) is 3.51. The Morgan fingerprint density at radius 1 is 1.25 bits per heavy atom. The summed E-state index contributed by atoms with van der Waals surface area (Å²) in [6, 6.07) is 9.90. The zero-order valence-electron chi connectivity index (χ0n) is 11.8. The number of amides is 1. The third-order valence-electron chi connectivity index (χ3n) is 2.97. The summed E-state index contributed by atoms with van der Waals surface area (Å²) < 4.78 is 0. The van der Waals surface area contributed by atoms with Crippen molar-refractivity contribution in [1.29, 1.82) is 0 Å². The molecule has 0 spiro atoms. The Kier molecular flexibility index (Phi) is 4.84. The lowest BCUT2D eigenvalue weighted by Gasteiger charge is -2.10. The number of carbonyl (C=O) groups excluding carboxylic acids is 1. The van der Waals surface area contributed by atoms with Gasteiger partial charge in [-0.1, -0.05) is 30.3 Å². The van der Waals surface area contributed by atoms with Crippen molar-refractivity contribution < 1.29 is 4.79 Å². The molecule has 2 aromatic rings. The lowest BCUT2D eigenvalue weighted by molar-refractivity contribution is -0.128. The topological polar surface area (TPSA) is 73.9 Å². The predicted octanol–water partition coefficient (Wildman–Crippen LogP) is 1.04. The Morgan fingerprint density at radius 3 is 2.70 bits per heavy atom. The van der Waals surface area contributed by atoms with E-state index in [0.717, 1.165) is 17.0 Å². The maximum absolute atomic E-state index is 11.4. The van der Waals surface area contributed by atoms with Gasteiger partial charge in [0, 0.05) is 39.2 Å². The SMILES string of the molecule is CN(C)C(=O)CCNCc1n[nH]nc1-c1ccccc1. The van der Waals surface area contributed by atoms with Crippen LogP contribution in [-0.4, -0.2) is 46.9 Å². The fourth-order valence-corrected chi connectivity index (χ4v) is 1.83. The molecule has 0 saturated heterocycles. The van der Waals surface area contributed by atoms with Crippen LogP contribution in [0.2, 0.25) is 0 Å². The zero-order valence-corrected chi connectivity index (χ0v) is 11.8. The first-order chi connectivity index (χ1) is 9.68. The largest absolute Gasteiger partial charge is 0.349 e. The van der Waals surface area contributed by atoms with Gasteiger partial charge in [0.05, 0.1) is 0 Å². The molecule has 1 heterocycles. The Morgan fingerprint density at radius 2 is 2.00 bits per heavy atom. The molecule has 0 radical (unpaired) electrons. The first kappa shape index (κ1) is 14.2. The lowest BCUT2D eigenvalue weighted by Crippen LogP contribution is -2.26. The number of benzene rings is 1. The second kappa shape index (κ2) is 6.81. The Balaban J connectivity index is 1.89. The monoisotopic (exact) mass is 273 g/mol. The van der Waals surface area contributed by atoms with Gasteiger partial charge < -0.3 is 10.2 Å². The van der Waals surface area contributed by atoms with Crippen molar-refractivity contribution >= 4 is 5.91 Å². The summed E-state index contributed by atoms with van der Waals surface area (Å²) in [6.07, 6.45) is 0.478. The summed E-state index contributed by atoms with van der Waals surface area (Å²) >= 11 is 0. The van der Waals surface area contributed by atoms with Crippen LogP contribution < -0.4 is 5.32 Å². The Labute approximate surface area is 118 Å². The average Bonchev–Trinajstić information content (AvgIpc) is 2.92. The minimum absolute atomic E-state index is 0.112. The molecule has 0 atom stereocenters. The van der Waals surface area contributed by atoms with Gasteiger partial charge in [-0.2, -0.15) is 15.4 Å². The molecule has 0 aliphatic carbocycles. The van der Waals surface area contributed by atoms with E-state index in [1.807, 2.05) is 30.3 Å². The second-order valence-corrected chi connectivity index (χ2v) is 4.70. The average molecular weight is 273 g/mol. The first-order valence-corrected chi connectivity index (χ1v) is 6.54. The van der Waals surface area contributed by atoms with Crippen LogP contribution in [0.15, 0.2) is 30.3 Å². The van der Waals surface area contributed by atoms with Crippen LogP contribution in [-0.2, 0) is 11.3 Å². The summed E-state index contributed by atoms with van der Waals surface area (Å²) in [5.74, 6) is 0.112. The highest BCUT2D eigenvalue weighted by Gasteiger charge is 2.09. The lowest BCUT2D eigenvalue weighted by atomic mass is 10.1.